The van der Waals surface area contributed by atoms with Gasteiger partial charge in [-0.05, 0) is 31.7 Å². The van der Waals surface area contributed by atoms with Gasteiger partial charge in [0.05, 0.1) is 0 Å². The molecule has 1 heterocycles. The van der Waals surface area contributed by atoms with E-state index in [1.54, 1.807) is 6.92 Å². The molecule has 108 valence electrons. The van der Waals surface area contributed by atoms with Gasteiger partial charge >= 0.3 is 11.8 Å². The maximum Gasteiger partial charge on any atom is 0.519 e. The van der Waals surface area contributed by atoms with Crippen molar-refractivity contribution in [1.29, 1.82) is 0 Å². The summed E-state index contributed by atoms with van der Waals surface area (Å²) < 4.78 is 14.5. The molecule has 0 aromatic carbocycles. The van der Waals surface area contributed by atoms with E-state index in [9.17, 15) is 9.59 Å². The number of ether oxygens (including phenoxy) is 1. The lowest BCUT2D eigenvalue weighted by Gasteiger charge is -2.15. The highest BCUT2D eigenvalue weighted by molar-refractivity contribution is 5.69. The fourth-order valence-electron chi connectivity index (χ4n) is 1.88. The fraction of sp³-hybridized carbons (Fsp3) is 0.692. The Morgan fingerprint density at radius 1 is 1.37 bits per heavy atom. The molecule has 1 aromatic rings. The molecule has 0 saturated heterocycles. The van der Waals surface area contributed by atoms with Crippen LogP contribution in [0.4, 0.5) is 0 Å². The monoisotopic (exact) mass is 271 g/mol. The standard InChI is InChI=1S/C13H21NO5/c1-8(2)4-10(6-14)5-12(15)17-7-11-9(3)18-13(16)19-11/h8,10H,4-7,14H2,1-3H3. The van der Waals surface area contributed by atoms with Gasteiger partial charge in [0.15, 0.2) is 18.1 Å². The largest absolute Gasteiger partial charge is 0.519 e. The van der Waals surface area contributed by atoms with Gasteiger partial charge in [-0.15, -0.1) is 0 Å². The lowest BCUT2D eigenvalue weighted by molar-refractivity contribution is -0.146. The van der Waals surface area contributed by atoms with E-state index in [1.165, 1.54) is 0 Å². The van der Waals surface area contributed by atoms with Crippen molar-refractivity contribution in [3.63, 3.8) is 0 Å². The number of nitrogens with two attached hydrogens (primary N) is 1. The van der Waals surface area contributed by atoms with Crippen molar-refractivity contribution in [3.8, 4) is 0 Å². The zero-order chi connectivity index (χ0) is 14.4. The smallest absolute Gasteiger partial charge is 0.457 e. The van der Waals surface area contributed by atoms with Crippen molar-refractivity contribution in [2.75, 3.05) is 6.54 Å². The fourth-order valence-corrected chi connectivity index (χ4v) is 1.88. The quantitative estimate of drug-likeness (QED) is 0.757. The molecule has 0 fully saturated rings. The van der Waals surface area contributed by atoms with Crippen molar-refractivity contribution in [2.24, 2.45) is 17.6 Å². The molecular weight excluding hydrogens is 250 g/mol. The summed E-state index contributed by atoms with van der Waals surface area (Å²) >= 11 is 0. The number of hydrogen-bond acceptors (Lipinski definition) is 6. The van der Waals surface area contributed by atoms with Gasteiger partial charge in [0.1, 0.15) is 0 Å². The SMILES string of the molecule is Cc1oc(=O)oc1COC(=O)CC(CN)CC(C)C. The summed E-state index contributed by atoms with van der Waals surface area (Å²) in [5, 5.41) is 0. The average Bonchev–Trinajstić information content (AvgIpc) is 2.63. The zero-order valence-corrected chi connectivity index (χ0v) is 11.6. The van der Waals surface area contributed by atoms with Crippen LogP contribution in [0.2, 0.25) is 0 Å². The van der Waals surface area contributed by atoms with Crippen LogP contribution in [0.15, 0.2) is 13.6 Å². The Kier molecular flexibility index (Phi) is 5.82. The van der Waals surface area contributed by atoms with Gasteiger partial charge in [-0.3, -0.25) is 4.79 Å². The number of esters is 1. The normalized spacial score (nSPS) is 12.7. The van der Waals surface area contributed by atoms with E-state index in [1.807, 2.05) is 0 Å². The second-order valence-electron chi connectivity index (χ2n) is 5.03. The molecule has 0 radical (unpaired) electrons. The van der Waals surface area contributed by atoms with Crippen molar-refractivity contribution >= 4 is 5.97 Å². The van der Waals surface area contributed by atoms with Crippen molar-refractivity contribution in [1.82, 2.24) is 0 Å². The number of aryl methyl sites for hydroxylation is 1. The van der Waals surface area contributed by atoms with E-state index in [4.69, 9.17) is 14.9 Å². The zero-order valence-electron chi connectivity index (χ0n) is 11.6. The molecule has 1 rings (SSSR count). The Hall–Kier alpha value is -1.56. The molecule has 1 aromatic heterocycles. The molecule has 0 amide bonds. The first kappa shape index (κ1) is 15.5. The number of hydrogen-bond donors (Lipinski definition) is 1. The van der Waals surface area contributed by atoms with E-state index in [-0.39, 0.29) is 30.7 Å². The first-order valence-electron chi connectivity index (χ1n) is 6.37. The van der Waals surface area contributed by atoms with Crippen LogP contribution >= 0.6 is 0 Å². The maximum atomic E-state index is 11.7. The Morgan fingerprint density at radius 3 is 2.53 bits per heavy atom. The van der Waals surface area contributed by atoms with Crippen LogP contribution in [0.3, 0.4) is 0 Å². The lowest BCUT2D eigenvalue weighted by Crippen LogP contribution is -2.21. The molecule has 1 atom stereocenters. The van der Waals surface area contributed by atoms with E-state index >= 15 is 0 Å². The van der Waals surface area contributed by atoms with E-state index in [2.05, 4.69) is 18.3 Å². The minimum absolute atomic E-state index is 0.0879. The van der Waals surface area contributed by atoms with Gasteiger partial charge in [-0.1, -0.05) is 13.8 Å². The molecule has 0 spiro atoms. The maximum absolute atomic E-state index is 11.7. The van der Waals surface area contributed by atoms with Crippen molar-refractivity contribution < 1.29 is 18.4 Å². The van der Waals surface area contributed by atoms with Gasteiger partial charge in [-0.25, -0.2) is 4.79 Å². The minimum Gasteiger partial charge on any atom is -0.457 e. The topological polar surface area (TPSA) is 95.7 Å². The molecule has 1 unspecified atom stereocenters. The highest BCUT2D eigenvalue weighted by Crippen LogP contribution is 2.15. The van der Waals surface area contributed by atoms with Gasteiger partial charge in [-0.2, -0.15) is 0 Å². The molecule has 6 nitrogen and oxygen atoms in total. The predicted molar refractivity (Wildman–Crippen MR) is 68.4 cm³/mol. The molecule has 0 saturated carbocycles. The summed E-state index contributed by atoms with van der Waals surface area (Å²) in [5.41, 5.74) is 5.62. The number of rotatable bonds is 7. The molecule has 0 aliphatic rings. The van der Waals surface area contributed by atoms with Gasteiger partial charge in [0.25, 0.3) is 0 Å². The first-order chi connectivity index (χ1) is 8.92. The van der Waals surface area contributed by atoms with E-state index in [0.717, 1.165) is 6.42 Å². The Morgan fingerprint density at radius 2 is 2.05 bits per heavy atom. The molecule has 2 N–H and O–H groups in total. The van der Waals surface area contributed by atoms with Gasteiger partial charge < -0.3 is 19.3 Å². The average molecular weight is 271 g/mol. The van der Waals surface area contributed by atoms with Crippen LogP contribution in [-0.2, 0) is 16.1 Å². The van der Waals surface area contributed by atoms with Crippen molar-refractivity contribution in [2.45, 2.75) is 40.2 Å². The summed E-state index contributed by atoms with van der Waals surface area (Å²) in [7, 11) is 0. The molecule has 19 heavy (non-hydrogen) atoms. The first-order valence-corrected chi connectivity index (χ1v) is 6.37. The molecule has 0 aliphatic carbocycles. The number of carbonyl (C=O) groups excluding carboxylic acids is 1. The summed E-state index contributed by atoms with van der Waals surface area (Å²) in [6.45, 7) is 6.10. The summed E-state index contributed by atoms with van der Waals surface area (Å²) in [4.78, 5) is 22.5. The Balaban J connectivity index is 2.42. The third-order valence-electron chi connectivity index (χ3n) is 2.79. The minimum atomic E-state index is -0.789. The van der Waals surface area contributed by atoms with Crippen LogP contribution in [0.25, 0.3) is 0 Å². The second-order valence-corrected chi connectivity index (χ2v) is 5.03. The van der Waals surface area contributed by atoms with Gasteiger partial charge in [0, 0.05) is 6.42 Å². The lowest BCUT2D eigenvalue weighted by atomic mass is 9.94. The summed E-state index contributed by atoms with van der Waals surface area (Å²) in [6.07, 6.45) is 1.15. The Labute approximate surface area is 111 Å². The highest BCUT2D eigenvalue weighted by Gasteiger charge is 2.16. The third-order valence-corrected chi connectivity index (χ3v) is 2.79. The van der Waals surface area contributed by atoms with E-state index in [0.29, 0.717) is 18.2 Å². The van der Waals surface area contributed by atoms with Gasteiger partial charge in [0.2, 0.25) is 0 Å². The van der Waals surface area contributed by atoms with Crippen LogP contribution in [0, 0.1) is 18.8 Å². The molecule has 6 heteroatoms. The second kappa shape index (κ2) is 7.13. The highest BCUT2D eigenvalue weighted by atomic mass is 16.6. The van der Waals surface area contributed by atoms with Crippen LogP contribution < -0.4 is 11.6 Å². The van der Waals surface area contributed by atoms with Crippen molar-refractivity contribution in [3.05, 3.63) is 22.1 Å². The van der Waals surface area contributed by atoms with Crippen LogP contribution in [-0.4, -0.2) is 12.5 Å². The van der Waals surface area contributed by atoms with Crippen LogP contribution in [0.5, 0.6) is 0 Å². The predicted octanol–water partition coefficient (Wildman–Crippen LogP) is 1.60. The molecule has 0 bridgehead atoms. The van der Waals surface area contributed by atoms with Crippen LogP contribution in [0.1, 0.15) is 38.2 Å². The van der Waals surface area contributed by atoms with E-state index < -0.39 is 5.82 Å². The third kappa shape index (κ3) is 5.30. The number of carbonyl (C=O) groups is 1. The summed E-state index contributed by atoms with van der Waals surface area (Å²) in [5.74, 6) is 0.0323. The Bertz CT molecular complexity index is 460. The molecule has 0 aliphatic heterocycles. The summed E-state index contributed by atoms with van der Waals surface area (Å²) in [6, 6.07) is 0. The molecular formula is C13H21NO5.